The topological polar surface area (TPSA) is 61.1 Å². The highest BCUT2D eigenvalue weighted by molar-refractivity contribution is 5.81. The van der Waals surface area contributed by atoms with Crippen LogP contribution < -0.4 is 19.8 Å². The largest absolute Gasteiger partial charge is 0.497 e. The highest BCUT2D eigenvalue weighted by Crippen LogP contribution is 2.31. The highest BCUT2D eigenvalue weighted by atomic mass is 16.6. The fourth-order valence-corrected chi connectivity index (χ4v) is 3.31. The molecule has 0 saturated heterocycles. The first kappa shape index (κ1) is 17.4. The minimum Gasteiger partial charge on any atom is -0.497 e. The molecule has 2 heterocycles. The van der Waals surface area contributed by atoms with Crippen LogP contribution in [0.2, 0.25) is 0 Å². The van der Waals surface area contributed by atoms with Gasteiger partial charge in [0.25, 0.3) is 0 Å². The summed E-state index contributed by atoms with van der Waals surface area (Å²) in [4.78, 5) is 14.1. The van der Waals surface area contributed by atoms with Gasteiger partial charge in [0.1, 0.15) is 24.5 Å². The van der Waals surface area contributed by atoms with Crippen LogP contribution in [0.5, 0.6) is 17.2 Å². The number of benzene rings is 2. The van der Waals surface area contributed by atoms with Gasteiger partial charge < -0.3 is 18.6 Å². The lowest BCUT2D eigenvalue weighted by atomic mass is 10.1. The average Bonchev–Trinajstić information content (AvgIpc) is 2.67. The highest BCUT2D eigenvalue weighted by Gasteiger charge is 2.14. The summed E-state index contributed by atoms with van der Waals surface area (Å²) in [6.45, 7) is 2.49. The van der Waals surface area contributed by atoms with E-state index in [-0.39, 0.29) is 5.63 Å². The van der Waals surface area contributed by atoms with Crippen LogP contribution in [0.25, 0.3) is 11.0 Å². The number of hydrogen-bond acceptors (Lipinski definition) is 6. The van der Waals surface area contributed by atoms with Gasteiger partial charge in [-0.05, 0) is 42.4 Å². The molecule has 0 radical (unpaired) electrons. The van der Waals surface area contributed by atoms with Gasteiger partial charge in [-0.3, -0.25) is 4.90 Å². The third kappa shape index (κ3) is 3.75. The van der Waals surface area contributed by atoms with Crippen LogP contribution in [-0.2, 0) is 13.1 Å². The van der Waals surface area contributed by atoms with Crippen LogP contribution >= 0.6 is 0 Å². The van der Waals surface area contributed by atoms with E-state index in [1.807, 2.05) is 37.4 Å². The molecule has 0 aliphatic carbocycles. The molecular formula is C21H21NO5. The standard InChI is InChI=1S/C21H21NO5/c1-22(12-14-3-6-18-20(9-14)26-8-7-25-18)13-15-10-21(23)27-19-11-16(24-2)4-5-17(15)19/h3-6,9-11H,7-8,12-13H2,1-2H3. The number of nitrogens with zero attached hydrogens (tertiary/aromatic N) is 1. The van der Waals surface area contributed by atoms with Crippen molar-refractivity contribution in [3.63, 3.8) is 0 Å². The fourth-order valence-electron chi connectivity index (χ4n) is 3.31. The van der Waals surface area contributed by atoms with E-state index in [0.717, 1.165) is 28.0 Å². The van der Waals surface area contributed by atoms with Crippen LogP contribution in [0.15, 0.2) is 51.7 Å². The lowest BCUT2D eigenvalue weighted by Gasteiger charge is -2.21. The second-order valence-corrected chi connectivity index (χ2v) is 6.60. The zero-order valence-corrected chi connectivity index (χ0v) is 15.4. The van der Waals surface area contributed by atoms with Crippen molar-refractivity contribution in [1.82, 2.24) is 4.90 Å². The van der Waals surface area contributed by atoms with Crippen molar-refractivity contribution >= 4 is 11.0 Å². The van der Waals surface area contributed by atoms with Crippen LogP contribution in [0.4, 0.5) is 0 Å². The Morgan fingerprint density at radius 1 is 1.00 bits per heavy atom. The molecular weight excluding hydrogens is 346 g/mol. The number of hydrogen-bond donors (Lipinski definition) is 0. The van der Waals surface area contributed by atoms with Gasteiger partial charge in [-0.1, -0.05) is 6.07 Å². The SMILES string of the molecule is COc1ccc2c(CN(C)Cc3ccc4c(c3)OCCO4)cc(=O)oc2c1. The van der Waals surface area contributed by atoms with Gasteiger partial charge in [0.15, 0.2) is 11.5 Å². The van der Waals surface area contributed by atoms with Gasteiger partial charge in [0.2, 0.25) is 0 Å². The molecule has 0 spiro atoms. The molecule has 1 aliphatic heterocycles. The summed E-state index contributed by atoms with van der Waals surface area (Å²) in [5.74, 6) is 2.23. The van der Waals surface area contributed by atoms with Crippen molar-refractivity contribution in [2.45, 2.75) is 13.1 Å². The molecule has 0 unspecified atom stereocenters. The molecule has 0 saturated carbocycles. The lowest BCUT2D eigenvalue weighted by Crippen LogP contribution is -2.19. The predicted molar refractivity (Wildman–Crippen MR) is 102 cm³/mol. The van der Waals surface area contributed by atoms with Crippen molar-refractivity contribution in [3.05, 3.63) is 64.0 Å². The molecule has 27 heavy (non-hydrogen) atoms. The van der Waals surface area contributed by atoms with E-state index in [9.17, 15) is 4.79 Å². The Balaban J connectivity index is 1.56. The van der Waals surface area contributed by atoms with E-state index in [0.29, 0.717) is 37.6 Å². The lowest BCUT2D eigenvalue weighted by molar-refractivity contribution is 0.171. The van der Waals surface area contributed by atoms with Crippen LogP contribution in [0.3, 0.4) is 0 Å². The molecule has 1 aromatic heterocycles. The van der Waals surface area contributed by atoms with Crippen LogP contribution in [-0.4, -0.2) is 32.3 Å². The molecule has 3 aromatic rings. The van der Waals surface area contributed by atoms with Gasteiger partial charge in [-0.15, -0.1) is 0 Å². The van der Waals surface area contributed by atoms with E-state index in [1.165, 1.54) is 0 Å². The summed E-state index contributed by atoms with van der Waals surface area (Å²) in [7, 11) is 3.60. The number of rotatable bonds is 5. The van der Waals surface area contributed by atoms with Crippen molar-refractivity contribution in [2.24, 2.45) is 0 Å². The summed E-state index contributed by atoms with van der Waals surface area (Å²) in [6, 6.07) is 13.1. The third-order valence-electron chi connectivity index (χ3n) is 4.54. The van der Waals surface area contributed by atoms with Crippen molar-refractivity contribution < 1.29 is 18.6 Å². The zero-order valence-electron chi connectivity index (χ0n) is 15.4. The third-order valence-corrected chi connectivity index (χ3v) is 4.54. The molecule has 0 N–H and O–H groups in total. The maximum absolute atomic E-state index is 11.9. The maximum atomic E-state index is 11.9. The minimum absolute atomic E-state index is 0.363. The molecule has 6 nitrogen and oxygen atoms in total. The fraction of sp³-hybridized carbons (Fsp3) is 0.286. The Hall–Kier alpha value is -2.99. The molecule has 140 valence electrons. The number of fused-ring (bicyclic) bond motifs is 2. The number of methoxy groups -OCH3 is 1. The van der Waals surface area contributed by atoms with Gasteiger partial charge >= 0.3 is 5.63 Å². The van der Waals surface area contributed by atoms with Crippen LogP contribution in [0.1, 0.15) is 11.1 Å². The first-order chi connectivity index (χ1) is 13.1. The minimum atomic E-state index is -0.363. The van der Waals surface area contributed by atoms with E-state index >= 15 is 0 Å². The molecule has 4 rings (SSSR count). The second-order valence-electron chi connectivity index (χ2n) is 6.60. The number of ether oxygens (including phenoxy) is 3. The van der Waals surface area contributed by atoms with Crippen molar-refractivity contribution in [1.29, 1.82) is 0 Å². The second kappa shape index (κ2) is 7.32. The Bertz CT molecular complexity index is 1030. The predicted octanol–water partition coefficient (Wildman–Crippen LogP) is 3.20. The van der Waals surface area contributed by atoms with E-state index in [1.54, 1.807) is 19.2 Å². The van der Waals surface area contributed by atoms with E-state index in [4.69, 9.17) is 18.6 Å². The molecule has 6 heteroatoms. The van der Waals surface area contributed by atoms with Crippen molar-refractivity contribution in [2.75, 3.05) is 27.4 Å². The maximum Gasteiger partial charge on any atom is 0.336 e. The molecule has 0 amide bonds. The summed E-state index contributed by atoms with van der Waals surface area (Å²) in [5.41, 5.74) is 2.21. The summed E-state index contributed by atoms with van der Waals surface area (Å²) in [5, 5.41) is 0.907. The van der Waals surface area contributed by atoms with Gasteiger partial charge in [0.05, 0.1) is 7.11 Å². The summed E-state index contributed by atoms with van der Waals surface area (Å²) in [6.07, 6.45) is 0. The molecule has 0 atom stereocenters. The Morgan fingerprint density at radius 2 is 1.81 bits per heavy atom. The zero-order chi connectivity index (χ0) is 18.8. The van der Waals surface area contributed by atoms with Gasteiger partial charge in [-0.25, -0.2) is 4.79 Å². The van der Waals surface area contributed by atoms with Crippen molar-refractivity contribution in [3.8, 4) is 17.2 Å². The molecule has 2 aromatic carbocycles. The monoisotopic (exact) mass is 367 g/mol. The van der Waals surface area contributed by atoms with E-state index in [2.05, 4.69) is 4.90 Å². The Morgan fingerprint density at radius 3 is 2.63 bits per heavy atom. The Labute approximate surface area is 156 Å². The normalized spacial score (nSPS) is 13.1. The quantitative estimate of drug-likeness (QED) is 0.646. The molecule has 0 bridgehead atoms. The summed E-state index contributed by atoms with van der Waals surface area (Å²) >= 11 is 0. The molecule has 1 aliphatic rings. The van der Waals surface area contributed by atoms with E-state index < -0.39 is 0 Å². The van der Waals surface area contributed by atoms with Gasteiger partial charge in [-0.2, -0.15) is 0 Å². The van der Waals surface area contributed by atoms with Crippen LogP contribution in [0, 0.1) is 0 Å². The summed E-state index contributed by atoms with van der Waals surface area (Å²) < 4.78 is 21.8. The molecule has 0 fully saturated rings. The first-order valence-electron chi connectivity index (χ1n) is 8.80. The van der Waals surface area contributed by atoms with Gasteiger partial charge in [0, 0.05) is 30.6 Å². The Kier molecular flexibility index (Phi) is 4.73. The first-order valence-corrected chi connectivity index (χ1v) is 8.80. The smallest absolute Gasteiger partial charge is 0.336 e. The average molecular weight is 367 g/mol.